The summed E-state index contributed by atoms with van der Waals surface area (Å²) < 4.78 is 0. The number of hydrogen-bond acceptors (Lipinski definition) is 1. The van der Waals surface area contributed by atoms with Gasteiger partial charge in [0.05, 0.1) is 6.61 Å². The van der Waals surface area contributed by atoms with Crippen LogP contribution in [-0.4, -0.2) is 11.7 Å². The van der Waals surface area contributed by atoms with E-state index in [1.807, 2.05) is 6.08 Å². The van der Waals surface area contributed by atoms with Gasteiger partial charge in [-0.05, 0) is 17.4 Å². The van der Waals surface area contributed by atoms with Crippen molar-refractivity contribution in [1.82, 2.24) is 0 Å². The van der Waals surface area contributed by atoms with E-state index in [2.05, 4.69) is 34.3 Å². The number of aliphatic hydroxyl groups is 1. The van der Waals surface area contributed by atoms with Crippen LogP contribution in [-0.2, 0) is 0 Å². The van der Waals surface area contributed by atoms with E-state index in [9.17, 15) is 0 Å². The van der Waals surface area contributed by atoms with E-state index in [1.165, 1.54) is 5.57 Å². The van der Waals surface area contributed by atoms with Gasteiger partial charge in [-0.25, -0.2) is 0 Å². The maximum atomic E-state index is 8.83. The smallest absolute Gasteiger partial charge is 0.0618 e. The summed E-state index contributed by atoms with van der Waals surface area (Å²) in [6.45, 7) is 12.6. The van der Waals surface area contributed by atoms with E-state index in [0.29, 0.717) is 0 Å². The fourth-order valence-electron chi connectivity index (χ4n) is 1.26. The van der Waals surface area contributed by atoms with E-state index in [4.69, 9.17) is 5.11 Å². The SMILES string of the molecule is C=C(CC)/C(=C/CO)C(C)(C)C. The molecule has 1 nitrogen and oxygen atoms in total. The van der Waals surface area contributed by atoms with Crippen molar-refractivity contribution in [1.29, 1.82) is 0 Å². The molecule has 0 heterocycles. The van der Waals surface area contributed by atoms with E-state index in [-0.39, 0.29) is 12.0 Å². The molecule has 0 rings (SSSR count). The molecule has 0 unspecified atom stereocenters. The van der Waals surface area contributed by atoms with Crippen LogP contribution in [0.5, 0.6) is 0 Å². The molecule has 0 amide bonds. The summed E-state index contributed by atoms with van der Waals surface area (Å²) in [5, 5.41) is 8.83. The Kier molecular flexibility index (Phi) is 4.25. The van der Waals surface area contributed by atoms with Gasteiger partial charge in [-0.2, -0.15) is 0 Å². The summed E-state index contributed by atoms with van der Waals surface area (Å²) in [6.07, 6.45) is 2.80. The molecule has 0 saturated carbocycles. The zero-order valence-corrected chi connectivity index (χ0v) is 8.65. The topological polar surface area (TPSA) is 20.2 Å². The van der Waals surface area contributed by atoms with Crippen LogP contribution in [0.1, 0.15) is 34.1 Å². The minimum atomic E-state index is 0.0931. The molecule has 0 atom stereocenters. The van der Waals surface area contributed by atoms with E-state index >= 15 is 0 Å². The fourth-order valence-corrected chi connectivity index (χ4v) is 1.26. The van der Waals surface area contributed by atoms with Crippen molar-refractivity contribution >= 4 is 0 Å². The maximum absolute atomic E-state index is 8.83. The average molecular weight is 168 g/mol. The monoisotopic (exact) mass is 168 g/mol. The van der Waals surface area contributed by atoms with Crippen molar-refractivity contribution in [2.45, 2.75) is 34.1 Å². The summed E-state index contributed by atoms with van der Waals surface area (Å²) in [5.41, 5.74) is 2.39. The van der Waals surface area contributed by atoms with Crippen LogP contribution in [0, 0.1) is 5.41 Å². The van der Waals surface area contributed by atoms with Crippen LogP contribution in [0.3, 0.4) is 0 Å². The van der Waals surface area contributed by atoms with Crippen molar-refractivity contribution in [3.63, 3.8) is 0 Å². The van der Waals surface area contributed by atoms with Crippen LogP contribution in [0.4, 0.5) is 0 Å². The standard InChI is InChI=1S/C11H20O/c1-6-9(2)10(7-8-12)11(3,4)5/h7,12H,2,6,8H2,1,3-5H3/b10-7-. The summed E-state index contributed by atoms with van der Waals surface area (Å²) in [5.74, 6) is 0. The molecule has 0 bridgehead atoms. The minimum absolute atomic E-state index is 0.0931. The summed E-state index contributed by atoms with van der Waals surface area (Å²) in [6, 6.07) is 0. The zero-order valence-electron chi connectivity index (χ0n) is 8.65. The van der Waals surface area contributed by atoms with Crippen molar-refractivity contribution in [3.05, 3.63) is 23.8 Å². The van der Waals surface area contributed by atoms with E-state index in [0.717, 1.165) is 12.0 Å². The number of rotatable bonds is 3. The van der Waals surface area contributed by atoms with Gasteiger partial charge in [-0.15, -0.1) is 0 Å². The first kappa shape index (κ1) is 11.4. The third kappa shape index (κ3) is 3.22. The third-order valence-electron chi connectivity index (χ3n) is 1.91. The highest BCUT2D eigenvalue weighted by atomic mass is 16.2. The molecular formula is C11H20O. The third-order valence-corrected chi connectivity index (χ3v) is 1.91. The molecule has 0 aromatic heterocycles. The molecule has 0 saturated heterocycles. The first-order valence-corrected chi connectivity index (χ1v) is 4.43. The molecular weight excluding hydrogens is 148 g/mol. The first-order chi connectivity index (χ1) is 5.43. The Bertz CT molecular complexity index is 182. The second-order valence-electron chi connectivity index (χ2n) is 4.01. The lowest BCUT2D eigenvalue weighted by molar-refractivity contribution is 0.338. The predicted octanol–water partition coefficient (Wildman–Crippen LogP) is 2.92. The van der Waals surface area contributed by atoms with Crippen LogP contribution < -0.4 is 0 Å². The molecule has 0 radical (unpaired) electrons. The highest BCUT2D eigenvalue weighted by molar-refractivity contribution is 5.32. The second-order valence-corrected chi connectivity index (χ2v) is 4.01. The molecule has 0 fully saturated rings. The molecule has 0 aromatic rings. The quantitative estimate of drug-likeness (QED) is 0.642. The number of hydrogen-bond donors (Lipinski definition) is 1. The Balaban J connectivity index is 4.69. The lowest BCUT2D eigenvalue weighted by atomic mass is 9.81. The van der Waals surface area contributed by atoms with Gasteiger partial charge in [0.25, 0.3) is 0 Å². The lowest BCUT2D eigenvalue weighted by Gasteiger charge is -2.24. The van der Waals surface area contributed by atoms with Crippen molar-refractivity contribution in [2.24, 2.45) is 5.41 Å². The maximum Gasteiger partial charge on any atom is 0.0618 e. The Morgan fingerprint density at radius 2 is 1.92 bits per heavy atom. The van der Waals surface area contributed by atoms with E-state index in [1.54, 1.807) is 0 Å². The molecule has 0 aliphatic carbocycles. The van der Waals surface area contributed by atoms with E-state index < -0.39 is 0 Å². The molecule has 1 N–H and O–H groups in total. The number of aliphatic hydroxyl groups excluding tert-OH is 1. The van der Waals surface area contributed by atoms with Gasteiger partial charge >= 0.3 is 0 Å². The van der Waals surface area contributed by atoms with Gasteiger partial charge in [0, 0.05) is 0 Å². The fraction of sp³-hybridized carbons (Fsp3) is 0.636. The molecule has 0 aliphatic rings. The van der Waals surface area contributed by atoms with Gasteiger partial charge in [0.2, 0.25) is 0 Å². The van der Waals surface area contributed by atoms with Gasteiger partial charge in [-0.3, -0.25) is 0 Å². The summed E-state index contributed by atoms with van der Waals surface area (Å²) in [4.78, 5) is 0. The summed E-state index contributed by atoms with van der Waals surface area (Å²) >= 11 is 0. The highest BCUT2D eigenvalue weighted by Crippen LogP contribution is 2.31. The Morgan fingerprint density at radius 1 is 1.42 bits per heavy atom. The van der Waals surface area contributed by atoms with Gasteiger partial charge in [-0.1, -0.05) is 45.9 Å². The van der Waals surface area contributed by atoms with Crippen LogP contribution in [0.25, 0.3) is 0 Å². The van der Waals surface area contributed by atoms with Crippen LogP contribution in [0.15, 0.2) is 23.8 Å². The van der Waals surface area contributed by atoms with Gasteiger partial charge in [0.15, 0.2) is 0 Å². The molecule has 0 aliphatic heterocycles. The lowest BCUT2D eigenvalue weighted by Crippen LogP contribution is -2.11. The zero-order chi connectivity index (χ0) is 9.78. The van der Waals surface area contributed by atoms with Crippen LogP contribution in [0.2, 0.25) is 0 Å². The van der Waals surface area contributed by atoms with Gasteiger partial charge < -0.3 is 5.11 Å². The van der Waals surface area contributed by atoms with Crippen LogP contribution >= 0.6 is 0 Å². The van der Waals surface area contributed by atoms with Crippen molar-refractivity contribution in [3.8, 4) is 0 Å². The van der Waals surface area contributed by atoms with Gasteiger partial charge in [0.1, 0.15) is 0 Å². The molecule has 12 heavy (non-hydrogen) atoms. The average Bonchev–Trinajstić information content (AvgIpc) is 1.96. The van der Waals surface area contributed by atoms with Crippen molar-refractivity contribution in [2.75, 3.05) is 6.61 Å². The highest BCUT2D eigenvalue weighted by Gasteiger charge is 2.17. The Labute approximate surface area is 75.8 Å². The predicted molar refractivity (Wildman–Crippen MR) is 54.1 cm³/mol. The minimum Gasteiger partial charge on any atom is -0.392 e. The first-order valence-electron chi connectivity index (χ1n) is 4.43. The molecule has 70 valence electrons. The largest absolute Gasteiger partial charge is 0.392 e. The number of allylic oxidation sites excluding steroid dienone is 2. The second kappa shape index (κ2) is 4.46. The molecule has 0 aromatic carbocycles. The summed E-state index contributed by atoms with van der Waals surface area (Å²) in [7, 11) is 0. The molecule has 1 heteroatoms. The normalized spacial score (nSPS) is 13.2. The molecule has 0 spiro atoms. The Hall–Kier alpha value is -0.560. The Morgan fingerprint density at radius 3 is 2.17 bits per heavy atom. The van der Waals surface area contributed by atoms with Crippen molar-refractivity contribution < 1.29 is 5.11 Å².